The van der Waals surface area contributed by atoms with Crippen LogP contribution in [0.2, 0.25) is 0 Å². The molecular formula is C20H30N4O6. The summed E-state index contributed by atoms with van der Waals surface area (Å²) in [7, 11) is 0. The number of carbonyl (C=O) groups is 1. The lowest BCUT2D eigenvalue weighted by Gasteiger charge is -2.33. The van der Waals surface area contributed by atoms with E-state index in [9.17, 15) is 25.2 Å². The smallest absolute Gasteiger partial charge is 0.407 e. The summed E-state index contributed by atoms with van der Waals surface area (Å²) in [5.41, 5.74) is -0.0788. The number of nitrogens with zero attached hydrogens (tertiary/aromatic N) is 1. The molecule has 1 amide bonds. The van der Waals surface area contributed by atoms with Crippen LogP contribution in [0.3, 0.4) is 0 Å². The molecular weight excluding hydrogens is 392 g/mol. The first-order chi connectivity index (χ1) is 14.1. The molecule has 3 atom stereocenters. The molecule has 0 aliphatic carbocycles. The Morgan fingerprint density at radius 3 is 2.67 bits per heavy atom. The quantitative estimate of drug-likeness (QED) is 0.371. The highest BCUT2D eigenvalue weighted by atomic mass is 16.5. The Balaban J connectivity index is 1.88. The summed E-state index contributed by atoms with van der Waals surface area (Å²) in [6, 6.07) is 4.52. The number of rotatable bonds is 6. The Morgan fingerprint density at radius 2 is 2.00 bits per heavy atom. The molecule has 2 aromatic rings. The van der Waals surface area contributed by atoms with Crippen LogP contribution < -0.4 is 16.0 Å². The first-order valence-corrected chi connectivity index (χ1v) is 10.0. The zero-order chi connectivity index (χ0) is 22.1. The molecule has 1 aliphatic rings. The molecule has 0 saturated carbocycles. The predicted molar refractivity (Wildman–Crippen MR) is 111 cm³/mol. The van der Waals surface area contributed by atoms with Crippen LogP contribution in [-0.2, 0) is 4.74 Å². The minimum absolute atomic E-state index is 0.169. The number of aliphatic hydroxyl groups excluding tert-OH is 2. The number of piperidine rings is 1. The van der Waals surface area contributed by atoms with Crippen LogP contribution in [0.15, 0.2) is 18.2 Å². The Morgan fingerprint density at radius 1 is 1.27 bits per heavy atom. The van der Waals surface area contributed by atoms with Crippen LogP contribution in [0.5, 0.6) is 11.8 Å². The van der Waals surface area contributed by atoms with E-state index in [2.05, 4.69) is 16.0 Å². The molecule has 166 valence electrons. The Hall–Kier alpha value is -2.69. The van der Waals surface area contributed by atoms with Crippen molar-refractivity contribution >= 4 is 22.6 Å². The largest absolute Gasteiger partial charge is 0.494 e. The van der Waals surface area contributed by atoms with Crippen molar-refractivity contribution in [1.29, 1.82) is 0 Å². The predicted octanol–water partition coefficient (Wildman–Crippen LogP) is 1.55. The lowest BCUT2D eigenvalue weighted by Crippen LogP contribution is -2.48. The molecule has 1 saturated heterocycles. The van der Waals surface area contributed by atoms with E-state index in [-0.39, 0.29) is 18.4 Å². The van der Waals surface area contributed by atoms with Crippen molar-refractivity contribution in [3.63, 3.8) is 0 Å². The van der Waals surface area contributed by atoms with Gasteiger partial charge in [0.2, 0.25) is 11.8 Å². The average molecular weight is 422 g/mol. The minimum Gasteiger partial charge on any atom is -0.494 e. The average Bonchev–Trinajstić information content (AvgIpc) is 2.92. The number of ether oxygens (including phenoxy) is 1. The van der Waals surface area contributed by atoms with E-state index in [1.165, 1.54) is 4.57 Å². The summed E-state index contributed by atoms with van der Waals surface area (Å²) in [6.07, 6.45) is -1.74. The van der Waals surface area contributed by atoms with E-state index in [1.807, 2.05) is 13.8 Å². The van der Waals surface area contributed by atoms with Gasteiger partial charge in [-0.1, -0.05) is 6.07 Å². The number of aromatic hydroxyl groups is 2. The molecule has 10 nitrogen and oxygen atoms in total. The van der Waals surface area contributed by atoms with Crippen LogP contribution >= 0.6 is 0 Å². The summed E-state index contributed by atoms with van der Waals surface area (Å²) in [5.74, 6) is -0.360. The number of amides is 1. The lowest BCUT2D eigenvalue weighted by molar-refractivity contribution is -0.0305. The molecule has 3 unspecified atom stereocenters. The van der Waals surface area contributed by atoms with Crippen molar-refractivity contribution in [2.75, 3.05) is 18.5 Å². The van der Waals surface area contributed by atoms with E-state index >= 15 is 0 Å². The Labute approximate surface area is 174 Å². The van der Waals surface area contributed by atoms with Crippen molar-refractivity contribution in [3.8, 4) is 11.8 Å². The molecule has 1 aliphatic heterocycles. The molecule has 2 heterocycles. The third kappa shape index (κ3) is 4.40. The van der Waals surface area contributed by atoms with Crippen molar-refractivity contribution in [3.05, 3.63) is 18.2 Å². The summed E-state index contributed by atoms with van der Waals surface area (Å²) in [6.45, 7) is 5.99. The second-order valence-electron chi connectivity index (χ2n) is 8.10. The van der Waals surface area contributed by atoms with Crippen LogP contribution in [-0.4, -0.2) is 62.2 Å². The molecule has 0 radical (unpaired) electrons. The monoisotopic (exact) mass is 422 g/mol. The summed E-state index contributed by atoms with van der Waals surface area (Å²) in [5, 5.41) is 51.0. The summed E-state index contributed by atoms with van der Waals surface area (Å²) >= 11 is 0. The SMILES string of the molecule is CCOC(=O)NC(C)(C)CNc1cccc2c(O)n(C3CCC(O)NC3O)c(O)c12. The number of hydrogen-bond acceptors (Lipinski definition) is 8. The molecule has 30 heavy (non-hydrogen) atoms. The van der Waals surface area contributed by atoms with Gasteiger partial charge in [-0.2, -0.15) is 0 Å². The zero-order valence-electron chi connectivity index (χ0n) is 17.3. The van der Waals surface area contributed by atoms with Gasteiger partial charge in [-0.05, 0) is 45.7 Å². The highest BCUT2D eigenvalue weighted by molar-refractivity contribution is 6.02. The van der Waals surface area contributed by atoms with Gasteiger partial charge in [-0.3, -0.25) is 9.88 Å². The van der Waals surface area contributed by atoms with Gasteiger partial charge >= 0.3 is 6.09 Å². The first kappa shape index (κ1) is 22.0. The number of benzene rings is 1. The van der Waals surface area contributed by atoms with Crippen LogP contribution in [0.1, 0.15) is 39.7 Å². The third-order valence-corrected chi connectivity index (χ3v) is 5.22. The van der Waals surface area contributed by atoms with E-state index in [0.717, 1.165) is 0 Å². The second-order valence-corrected chi connectivity index (χ2v) is 8.10. The molecule has 0 spiro atoms. The fourth-order valence-electron chi connectivity index (χ4n) is 3.74. The maximum Gasteiger partial charge on any atom is 0.407 e. The molecule has 1 aromatic carbocycles. The summed E-state index contributed by atoms with van der Waals surface area (Å²) in [4.78, 5) is 11.7. The second kappa shape index (κ2) is 8.58. The van der Waals surface area contributed by atoms with Gasteiger partial charge in [0, 0.05) is 17.6 Å². The lowest BCUT2D eigenvalue weighted by atomic mass is 10.0. The fourth-order valence-corrected chi connectivity index (χ4v) is 3.74. The van der Waals surface area contributed by atoms with E-state index < -0.39 is 30.1 Å². The number of carbonyl (C=O) groups excluding carboxylic acids is 1. The number of anilines is 1. The van der Waals surface area contributed by atoms with Gasteiger partial charge in [-0.15, -0.1) is 0 Å². The molecule has 10 heteroatoms. The number of aliphatic hydroxyl groups is 2. The van der Waals surface area contributed by atoms with Crippen molar-refractivity contribution < 1.29 is 30.0 Å². The standard InChI is InChI=1S/C20H30N4O6/c1-4-30-19(29)23-20(2,3)10-21-12-7-5-6-11-15(12)18(28)24(17(11)27)13-8-9-14(25)22-16(13)26/h5-7,13-14,16,21-22,25-28H,4,8-10H2,1-3H3,(H,23,29). The minimum atomic E-state index is -1.13. The van der Waals surface area contributed by atoms with Gasteiger partial charge in [0.15, 0.2) is 0 Å². The molecule has 1 fully saturated rings. The van der Waals surface area contributed by atoms with Gasteiger partial charge in [0.25, 0.3) is 0 Å². The number of fused-ring (bicyclic) bond motifs is 1. The normalized spacial score (nSPS) is 22.1. The first-order valence-electron chi connectivity index (χ1n) is 10.0. The number of nitrogens with one attached hydrogen (secondary N) is 3. The molecule has 3 rings (SSSR count). The van der Waals surface area contributed by atoms with Gasteiger partial charge in [-0.25, -0.2) is 4.79 Å². The van der Waals surface area contributed by atoms with E-state index in [4.69, 9.17) is 4.74 Å². The maximum absolute atomic E-state index is 11.7. The van der Waals surface area contributed by atoms with Crippen molar-refractivity contribution in [2.45, 2.75) is 57.6 Å². The molecule has 7 N–H and O–H groups in total. The highest BCUT2D eigenvalue weighted by Gasteiger charge is 2.33. The summed E-state index contributed by atoms with van der Waals surface area (Å²) < 4.78 is 6.20. The van der Waals surface area contributed by atoms with Gasteiger partial charge in [0.1, 0.15) is 12.5 Å². The zero-order valence-corrected chi connectivity index (χ0v) is 17.3. The van der Waals surface area contributed by atoms with Crippen LogP contribution in [0.25, 0.3) is 10.8 Å². The maximum atomic E-state index is 11.7. The topological polar surface area (TPSA) is 148 Å². The van der Waals surface area contributed by atoms with E-state index in [1.54, 1.807) is 25.1 Å². The molecule has 0 bridgehead atoms. The number of hydrogen-bond donors (Lipinski definition) is 7. The Bertz CT molecular complexity index is 912. The fraction of sp³-hybridized carbons (Fsp3) is 0.550. The Kier molecular flexibility index (Phi) is 6.30. The van der Waals surface area contributed by atoms with Gasteiger partial charge < -0.3 is 35.8 Å². The van der Waals surface area contributed by atoms with E-state index in [0.29, 0.717) is 35.8 Å². The van der Waals surface area contributed by atoms with Crippen LogP contribution in [0, 0.1) is 0 Å². The number of aromatic nitrogens is 1. The molecule has 1 aromatic heterocycles. The third-order valence-electron chi connectivity index (χ3n) is 5.22. The van der Waals surface area contributed by atoms with Gasteiger partial charge in [0.05, 0.1) is 23.6 Å². The van der Waals surface area contributed by atoms with Crippen molar-refractivity contribution in [1.82, 2.24) is 15.2 Å². The number of alkyl carbamates (subject to hydrolysis) is 1. The van der Waals surface area contributed by atoms with Crippen LogP contribution in [0.4, 0.5) is 10.5 Å². The van der Waals surface area contributed by atoms with Crippen molar-refractivity contribution in [2.24, 2.45) is 0 Å². The highest BCUT2D eigenvalue weighted by Crippen LogP contribution is 2.44.